The molecule has 1 aliphatic rings. The van der Waals surface area contributed by atoms with Crippen molar-refractivity contribution in [2.45, 2.75) is 72.1 Å². The highest BCUT2D eigenvalue weighted by Gasteiger charge is 2.32. The van der Waals surface area contributed by atoms with Crippen molar-refractivity contribution in [3.8, 4) is 0 Å². The van der Waals surface area contributed by atoms with Gasteiger partial charge in [0.15, 0.2) is 0 Å². The van der Waals surface area contributed by atoms with Crippen LogP contribution in [-0.4, -0.2) is 60.5 Å². The van der Waals surface area contributed by atoms with E-state index < -0.39 is 0 Å². The fraction of sp³-hybridized carbons (Fsp3) is 1.00. The standard InChI is InChI=1S/C17H36N2O2/c1-7-8-17(6,12-18-16(3,4)5)13-19-9-14(2)21-15(10-19)11-20/h14-15,18,20H,7-13H2,1-6H3. The normalized spacial score (nSPS) is 27.6. The van der Waals surface area contributed by atoms with E-state index in [1.807, 2.05) is 0 Å². The van der Waals surface area contributed by atoms with Gasteiger partial charge < -0.3 is 15.2 Å². The molecule has 3 atom stereocenters. The van der Waals surface area contributed by atoms with Crippen LogP contribution in [0.15, 0.2) is 0 Å². The van der Waals surface area contributed by atoms with Crippen molar-refractivity contribution < 1.29 is 9.84 Å². The van der Waals surface area contributed by atoms with Crippen LogP contribution >= 0.6 is 0 Å². The third-order valence-electron chi connectivity index (χ3n) is 4.11. The zero-order valence-corrected chi connectivity index (χ0v) is 14.9. The molecular weight excluding hydrogens is 264 g/mol. The number of hydrogen-bond donors (Lipinski definition) is 2. The maximum atomic E-state index is 9.37. The lowest BCUT2D eigenvalue weighted by molar-refractivity contribution is -0.102. The first-order chi connectivity index (χ1) is 9.67. The minimum Gasteiger partial charge on any atom is -0.394 e. The summed E-state index contributed by atoms with van der Waals surface area (Å²) in [7, 11) is 0. The van der Waals surface area contributed by atoms with Crippen LogP contribution in [-0.2, 0) is 4.74 Å². The number of morpholine rings is 1. The van der Waals surface area contributed by atoms with Crippen molar-refractivity contribution in [2.24, 2.45) is 5.41 Å². The van der Waals surface area contributed by atoms with Crippen molar-refractivity contribution in [3.05, 3.63) is 0 Å². The summed E-state index contributed by atoms with van der Waals surface area (Å²) in [5, 5.41) is 13.0. The summed E-state index contributed by atoms with van der Waals surface area (Å²) in [6, 6.07) is 0. The predicted octanol–water partition coefficient (Wildman–Crippen LogP) is 2.26. The Bertz CT molecular complexity index is 304. The van der Waals surface area contributed by atoms with Crippen molar-refractivity contribution in [2.75, 3.05) is 32.8 Å². The highest BCUT2D eigenvalue weighted by atomic mass is 16.5. The number of hydrogen-bond acceptors (Lipinski definition) is 4. The van der Waals surface area contributed by atoms with Gasteiger partial charge in [0.2, 0.25) is 0 Å². The van der Waals surface area contributed by atoms with E-state index in [0.717, 1.165) is 26.2 Å². The topological polar surface area (TPSA) is 44.7 Å². The molecule has 0 saturated carbocycles. The van der Waals surface area contributed by atoms with Gasteiger partial charge in [-0.2, -0.15) is 0 Å². The molecule has 0 amide bonds. The Morgan fingerprint density at radius 1 is 1.24 bits per heavy atom. The van der Waals surface area contributed by atoms with E-state index in [0.29, 0.717) is 0 Å². The van der Waals surface area contributed by atoms with Gasteiger partial charge in [-0.25, -0.2) is 0 Å². The van der Waals surface area contributed by atoms with E-state index in [2.05, 4.69) is 51.8 Å². The molecule has 0 aromatic rings. The fourth-order valence-corrected chi connectivity index (χ4v) is 3.22. The molecule has 1 saturated heterocycles. The molecule has 0 aromatic carbocycles. The Kier molecular flexibility index (Phi) is 7.11. The SMILES string of the molecule is CCCC(C)(CNC(C)(C)C)CN1CC(C)OC(CO)C1. The monoisotopic (exact) mass is 300 g/mol. The fourth-order valence-electron chi connectivity index (χ4n) is 3.22. The average molecular weight is 300 g/mol. The molecule has 1 fully saturated rings. The largest absolute Gasteiger partial charge is 0.394 e. The Morgan fingerprint density at radius 2 is 1.90 bits per heavy atom. The lowest BCUT2D eigenvalue weighted by Crippen LogP contribution is -2.53. The van der Waals surface area contributed by atoms with Crippen LogP contribution in [0.5, 0.6) is 0 Å². The summed E-state index contributed by atoms with van der Waals surface area (Å²) in [5.74, 6) is 0. The van der Waals surface area contributed by atoms with Crippen LogP contribution in [0, 0.1) is 5.41 Å². The zero-order valence-electron chi connectivity index (χ0n) is 14.9. The van der Waals surface area contributed by atoms with Crippen molar-refractivity contribution in [1.82, 2.24) is 10.2 Å². The van der Waals surface area contributed by atoms with Crippen LogP contribution in [0.2, 0.25) is 0 Å². The number of nitrogens with one attached hydrogen (secondary N) is 1. The van der Waals surface area contributed by atoms with E-state index in [-0.39, 0.29) is 29.8 Å². The first kappa shape index (κ1) is 18.9. The molecule has 4 heteroatoms. The van der Waals surface area contributed by atoms with Crippen LogP contribution in [0.4, 0.5) is 0 Å². The molecule has 3 unspecified atom stereocenters. The molecule has 21 heavy (non-hydrogen) atoms. The van der Waals surface area contributed by atoms with Crippen LogP contribution in [0.25, 0.3) is 0 Å². The lowest BCUT2D eigenvalue weighted by atomic mass is 9.83. The number of ether oxygens (including phenoxy) is 1. The van der Waals surface area contributed by atoms with Gasteiger partial charge in [-0.05, 0) is 39.5 Å². The molecule has 1 rings (SSSR count). The van der Waals surface area contributed by atoms with Crippen LogP contribution < -0.4 is 5.32 Å². The van der Waals surface area contributed by atoms with Gasteiger partial charge in [-0.15, -0.1) is 0 Å². The van der Waals surface area contributed by atoms with Crippen molar-refractivity contribution in [1.29, 1.82) is 0 Å². The summed E-state index contributed by atoms with van der Waals surface area (Å²) < 4.78 is 5.75. The predicted molar refractivity (Wildman–Crippen MR) is 88.6 cm³/mol. The lowest BCUT2D eigenvalue weighted by Gasteiger charge is -2.42. The molecule has 0 aromatic heterocycles. The summed E-state index contributed by atoms with van der Waals surface area (Å²) in [5.41, 5.74) is 0.417. The van der Waals surface area contributed by atoms with Crippen molar-refractivity contribution in [3.63, 3.8) is 0 Å². The van der Waals surface area contributed by atoms with Crippen molar-refractivity contribution >= 4 is 0 Å². The molecule has 0 aliphatic carbocycles. The maximum Gasteiger partial charge on any atom is 0.0936 e. The van der Waals surface area contributed by atoms with Gasteiger partial charge in [0.05, 0.1) is 18.8 Å². The quantitative estimate of drug-likeness (QED) is 0.757. The first-order valence-electron chi connectivity index (χ1n) is 8.41. The smallest absolute Gasteiger partial charge is 0.0936 e. The van der Waals surface area contributed by atoms with Gasteiger partial charge in [0, 0.05) is 31.7 Å². The summed E-state index contributed by atoms with van der Waals surface area (Å²) in [6.45, 7) is 17.4. The van der Waals surface area contributed by atoms with Crippen LogP contribution in [0.1, 0.15) is 54.4 Å². The minimum absolute atomic E-state index is 0.0322. The Hall–Kier alpha value is -0.160. The van der Waals surface area contributed by atoms with Crippen LogP contribution in [0.3, 0.4) is 0 Å². The van der Waals surface area contributed by atoms with E-state index >= 15 is 0 Å². The second kappa shape index (κ2) is 7.91. The maximum absolute atomic E-state index is 9.37. The van der Waals surface area contributed by atoms with E-state index in [9.17, 15) is 5.11 Å². The van der Waals surface area contributed by atoms with E-state index in [1.54, 1.807) is 0 Å². The minimum atomic E-state index is -0.0322. The van der Waals surface area contributed by atoms with E-state index in [4.69, 9.17) is 4.74 Å². The molecule has 0 bridgehead atoms. The molecule has 0 radical (unpaired) electrons. The van der Waals surface area contributed by atoms with Gasteiger partial charge in [-0.3, -0.25) is 4.90 Å². The highest BCUT2D eigenvalue weighted by Crippen LogP contribution is 2.26. The highest BCUT2D eigenvalue weighted by molar-refractivity contribution is 4.86. The molecule has 1 heterocycles. The summed E-state index contributed by atoms with van der Waals surface area (Å²) >= 11 is 0. The van der Waals surface area contributed by atoms with Gasteiger partial charge in [-0.1, -0.05) is 20.3 Å². The number of aliphatic hydroxyl groups is 1. The molecule has 0 spiro atoms. The number of rotatable bonds is 7. The molecule has 2 N–H and O–H groups in total. The third kappa shape index (κ3) is 7.09. The Morgan fingerprint density at radius 3 is 2.43 bits per heavy atom. The summed E-state index contributed by atoms with van der Waals surface area (Å²) in [4.78, 5) is 2.47. The Balaban J connectivity index is 2.63. The van der Waals surface area contributed by atoms with Gasteiger partial charge in [0.25, 0.3) is 0 Å². The molecule has 1 aliphatic heterocycles. The molecular formula is C17H36N2O2. The first-order valence-corrected chi connectivity index (χ1v) is 8.41. The second-order valence-electron chi connectivity index (χ2n) is 8.11. The third-order valence-corrected chi connectivity index (χ3v) is 4.11. The number of nitrogens with zero attached hydrogens (tertiary/aromatic N) is 1. The molecule has 126 valence electrons. The number of aliphatic hydroxyl groups excluding tert-OH is 1. The van der Waals surface area contributed by atoms with Gasteiger partial charge in [0.1, 0.15) is 0 Å². The second-order valence-corrected chi connectivity index (χ2v) is 8.11. The molecule has 4 nitrogen and oxygen atoms in total. The van der Waals surface area contributed by atoms with Gasteiger partial charge >= 0.3 is 0 Å². The Labute approximate surface area is 131 Å². The summed E-state index contributed by atoms with van der Waals surface area (Å²) in [6.07, 6.45) is 2.59. The average Bonchev–Trinajstić information content (AvgIpc) is 2.35. The zero-order chi connectivity index (χ0) is 16.1. The van der Waals surface area contributed by atoms with E-state index in [1.165, 1.54) is 12.8 Å².